The number of alkyl halides is 2. The Hall–Kier alpha value is -3.88. The summed E-state index contributed by atoms with van der Waals surface area (Å²) in [5.41, 5.74) is -1.39. The number of rotatable bonds is 7. The molecule has 0 N–H and O–H groups in total. The van der Waals surface area contributed by atoms with Gasteiger partial charge in [-0.25, -0.2) is 26.3 Å². The van der Waals surface area contributed by atoms with Gasteiger partial charge in [0, 0.05) is 5.56 Å². The number of benzene rings is 4. The number of hydrogen-bond donors (Lipinski definition) is 0. The highest BCUT2D eigenvalue weighted by molar-refractivity contribution is 5.66. The molecule has 0 atom stereocenters. The average molecular weight is 522 g/mol. The van der Waals surface area contributed by atoms with Crippen LogP contribution in [-0.2, 0) is 12.5 Å². The van der Waals surface area contributed by atoms with E-state index in [4.69, 9.17) is 0 Å². The standard InChI is InChI=1S/C28H18F8O/c1-2-3-15-4-6-17(7-5-15)20-14-21(29)24(27(34)25(20)32)28(35,36)37-19-10-8-16(9-11-19)18-12-22(30)26(33)23(31)13-18/h4-14H,2-3H2,1H3. The maximum absolute atomic E-state index is 14.8. The van der Waals surface area contributed by atoms with E-state index in [1.165, 1.54) is 12.1 Å². The molecular weight excluding hydrogens is 504 g/mol. The van der Waals surface area contributed by atoms with Gasteiger partial charge in [-0.3, -0.25) is 0 Å². The molecule has 1 nitrogen and oxygen atoms in total. The first kappa shape index (κ1) is 26.2. The molecule has 0 radical (unpaired) electrons. The second kappa shape index (κ2) is 10.2. The molecule has 37 heavy (non-hydrogen) atoms. The number of halogens is 8. The minimum absolute atomic E-state index is 0.0906. The number of aryl methyl sites for hydroxylation is 1. The Morgan fingerprint density at radius 3 is 1.76 bits per heavy atom. The minimum atomic E-state index is -4.62. The molecule has 192 valence electrons. The van der Waals surface area contributed by atoms with Crippen LogP contribution in [0.3, 0.4) is 0 Å². The maximum atomic E-state index is 14.8. The fourth-order valence-corrected chi connectivity index (χ4v) is 3.85. The molecule has 0 spiro atoms. The highest BCUT2D eigenvalue weighted by Gasteiger charge is 2.43. The minimum Gasteiger partial charge on any atom is -0.429 e. The SMILES string of the molecule is CCCc1ccc(-c2cc(F)c(C(F)(F)Oc3ccc(-c4cc(F)c(F)c(F)c4)cc3)c(F)c2F)cc1. The molecule has 0 aromatic heterocycles. The van der Waals surface area contributed by atoms with Gasteiger partial charge >= 0.3 is 6.11 Å². The summed E-state index contributed by atoms with van der Waals surface area (Å²) in [5, 5.41) is 0. The van der Waals surface area contributed by atoms with Gasteiger partial charge in [0.2, 0.25) is 0 Å². The molecule has 4 rings (SSSR count). The van der Waals surface area contributed by atoms with Crippen LogP contribution in [0, 0.1) is 34.9 Å². The van der Waals surface area contributed by atoms with E-state index in [0.717, 1.165) is 42.7 Å². The summed E-state index contributed by atoms with van der Waals surface area (Å²) < 4.78 is 118. The molecule has 0 heterocycles. The van der Waals surface area contributed by atoms with Crippen LogP contribution in [0.25, 0.3) is 22.3 Å². The maximum Gasteiger partial charge on any atom is 0.432 e. The normalized spacial score (nSPS) is 11.6. The lowest BCUT2D eigenvalue weighted by Gasteiger charge is -2.20. The van der Waals surface area contributed by atoms with Gasteiger partial charge in [-0.15, -0.1) is 0 Å². The van der Waals surface area contributed by atoms with E-state index in [1.807, 2.05) is 6.92 Å². The van der Waals surface area contributed by atoms with Crippen molar-refractivity contribution in [2.45, 2.75) is 25.9 Å². The van der Waals surface area contributed by atoms with Crippen LogP contribution in [0.5, 0.6) is 5.75 Å². The van der Waals surface area contributed by atoms with Crippen LogP contribution in [0.2, 0.25) is 0 Å². The molecule has 0 bridgehead atoms. The van der Waals surface area contributed by atoms with Gasteiger partial charge in [0.05, 0.1) is 0 Å². The average Bonchev–Trinajstić information content (AvgIpc) is 2.85. The van der Waals surface area contributed by atoms with Crippen molar-refractivity contribution in [3.05, 3.63) is 113 Å². The summed E-state index contributed by atoms with van der Waals surface area (Å²) in [6.45, 7) is 1.96. The summed E-state index contributed by atoms with van der Waals surface area (Å²) >= 11 is 0. The highest BCUT2D eigenvalue weighted by Crippen LogP contribution is 2.39. The second-order valence-corrected chi connectivity index (χ2v) is 8.25. The zero-order chi connectivity index (χ0) is 26.9. The third-order valence-corrected chi connectivity index (χ3v) is 5.67. The molecule has 9 heteroatoms. The molecule has 0 aliphatic carbocycles. The fourth-order valence-electron chi connectivity index (χ4n) is 3.85. The van der Waals surface area contributed by atoms with E-state index in [0.29, 0.717) is 18.2 Å². The third-order valence-electron chi connectivity index (χ3n) is 5.67. The Kier molecular flexibility index (Phi) is 7.25. The van der Waals surface area contributed by atoms with Crippen molar-refractivity contribution >= 4 is 0 Å². The highest BCUT2D eigenvalue weighted by atomic mass is 19.3. The van der Waals surface area contributed by atoms with Crippen molar-refractivity contribution in [3.63, 3.8) is 0 Å². The summed E-state index contributed by atoms with van der Waals surface area (Å²) in [5.74, 6) is -10.6. The van der Waals surface area contributed by atoms with Crippen molar-refractivity contribution in [1.29, 1.82) is 0 Å². The Morgan fingerprint density at radius 1 is 0.622 bits per heavy atom. The molecule has 0 saturated carbocycles. The van der Waals surface area contributed by atoms with Gasteiger partial charge in [0.15, 0.2) is 29.1 Å². The van der Waals surface area contributed by atoms with Crippen LogP contribution < -0.4 is 4.74 Å². The summed E-state index contributed by atoms with van der Waals surface area (Å²) in [6.07, 6.45) is -3.02. The lowest BCUT2D eigenvalue weighted by atomic mass is 9.99. The topological polar surface area (TPSA) is 9.23 Å². The van der Waals surface area contributed by atoms with Gasteiger partial charge in [-0.05, 0) is 59.0 Å². The van der Waals surface area contributed by atoms with Gasteiger partial charge in [-0.2, -0.15) is 8.78 Å². The molecule has 4 aromatic rings. The van der Waals surface area contributed by atoms with E-state index in [2.05, 4.69) is 4.74 Å². The first-order valence-corrected chi connectivity index (χ1v) is 11.1. The zero-order valence-corrected chi connectivity index (χ0v) is 19.2. The van der Waals surface area contributed by atoms with E-state index in [1.54, 1.807) is 12.1 Å². The van der Waals surface area contributed by atoms with E-state index >= 15 is 0 Å². The molecule has 0 unspecified atom stereocenters. The lowest BCUT2D eigenvalue weighted by Crippen LogP contribution is -2.26. The Labute approximate surface area is 207 Å². The summed E-state index contributed by atoms with van der Waals surface area (Å²) in [4.78, 5) is 0. The first-order valence-electron chi connectivity index (χ1n) is 11.1. The third kappa shape index (κ3) is 5.30. The predicted octanol–water partition coefficient (Wildman–Crippen LogP) is 8.94. The second-order valence-electron chi connectivity index (χ2n) is 8.25. The molecular formula is C28H18F8O. The molecule has 0 fully saturated rings. The largest absolute Gasteiger partial charge is 0.432 e. The van der Waals surface area contributed by atoms with Crippen molar-refractivity contribution in [2.75, 3.05) is 0 Å². The zero-order valence-electron chi connectivity index (χ0n) is 19.2. The quantitative estimate of drug-likeness (QED) is 0.134. The van der Waals surface area contributed by atoms with Crippen molar-refractivity contribution in [1.82, 2.24) is 0 Å². The van der Waals surface area contributed by atoms with Gasteiger partial charge in [0.25, 0.3) is 0 Å². The van der Waals surface area contributed by atoms with Crippen LogP contribution in [0.4, 0.5) is 35.1 Å². The van der Waals surface area contributed by atoms with E-state index in [9.17, 15) is 35.1 Å². The number of hydrogen-bond acceptors (Lipinski definition) is 1. The van der Waals surface area contributed by atoms with E-state index < -0.39 is 57.9 Å². The smallest absolute Gasteiger partial charge is 0.429 e. The van der Waals surface area contributed by atoms with Gasteiger partial charge in [0.1, 0.15) is 17.1 Å². The molecule has 0 amide bonds. The van der Waals surface area contributed by atoms with Crippen LogP contribution in [0.1, 0.15) is 24.5 Å². The Balaban J connectivity index is 1.61. The molecule has 0 saturated heterocycles. The van der Waals surface area contributed by atoms with Crippen molar-refractivity contribution in [2.24, 2.45) is 0 Å². The van der Waals surface area contributed by atoms with Gasteiger partial charge in [-0.1, -0.05) is 49.7 Å². The molecule has 0 aliphatic heterocycles. The fraction of sp³-hybridized carbons (Fsp3) is 0.143. The first-order chi connectivity index (χ1) is 17.5. The molecule has 0 aliphatic rings. The predicted molar refractivity (Wildman–Crippen MR) is 122 cm³/mol. The van der Waals surface area contributed by atoms with Crippen molar-refractivity contribution in [3.8, 4) is 28.0 Å². The van der Waals surface area contributed by atoms with Gasteiger partial charge < -0.3 is 4.74 Å². The van der Waals surface area contributed by atoms with Crippen LogP contribution in [-0.4, -0.2) is 0 Å². The lowest BCUT2D eigenvalue weighted by molar-refractivity contribution is -0.189. The van der Waals surface area contributed by atoms with Crippen LogP contribution in [0.15, 0.2) is 66.7 Å². The summed E-state index contributed by atoms with van der Waals surface area (Å²) in [6, 6.07) is 12.2. The monoisotopic (exact) mass is 522 g/mol. The van der Waals surface area contributed by atoms with E-state index in [-0.39, 0.29) is 16.7 Å². The Morgan fingerprint density at radius 2 is 1.19 bits per heavy atom. The van der Waals surface area contributed by atoms with Crippen LogP contribution >= 0.6 is 0 Å². The Bertz CT molecular complexity index is 1410. The number of ether oxygens (including phenoxy) is 1. The van der Waals surface area contributed by atoms with Crippen molar-refractivity contribution < 1.29 is 39.9 Å². The summed E-state index contributed by atoms with van der Waals surface area (Å²) in [7, 11) is 0. The molecule has 4 aromatic carbocycles.